The normalized spacial score (nSPS) is 21.3. The van der Waals surface area contributed by atoms with Crippen molar-refractivity contribution in [3.05, 3.63) is 12.1 Å². The highest BCUT2D eigenvalue weighted by atomic mass is 32.2. The van der Waals surface area contributed by atoms with Crippen molar-refractivity contribution in [2.24, 2.45) is 0 Å². The largest absolute Gasteiger partial charge is 0.493 e. The molecule has 1 aromatic carbocycles. The van der Waals surface area contributed by atoms with Crippen LogP contribution < -0.4 is 20.5 Å². The van der Waals surface area contributed by atoms with Gasteiger partial charge in [-0.15, -0.1) is 0 Å². The van der Waals surface area contributed by atoms with Gasteiger partial charge in [-0.05, 0) is 25.3 Å². The summed E-state index contributed by atoms with van der Waals surface area (Å²) in [5.74, 6) is 2.78. The van der Waals surface area contributed by atoms with E-state index in [-0.39, 0.29) is 11.3 Å². The maximum absolute atomic E-state index is 12.1. The molecule has 3 atom stereocenters. The number of aromatic nitrogens is 2. The molecule has 0 bridgehead atoms. The molecule has 0 amide bonds. The van der Waals surface area contributed by atoms with Crippen LogP contribution in [-0.2, 0) is 10.8 Å². The maximum atomic E-state index is 12.1. The molecule has 0 saturated heterocycles. The lowest BCUT2D eigenvalue weighted by molar-refractivity contribution is 0.356. The van der Waals surface area contributed by atoms with E-state index in [9.17, 15) is 4.21 Å². The number of nitrogen functional groups attached to an aromatic ring is 1. The quantitative estimate of drug-likeness (QED) is 0.797. The third-order valence-electron chi connectivity index (χ3n) is 4.85. The molecule has 3 N–H and O–H groups in total. The Morgan fingerprint density at radius 3 is 2.65 bits per heavy atom. The molecule has 1 aromatic heterocycles. The number of methoxy groups -OCH3 is 2. The van der Waals surface area contributed by atoms with E-state index < -0.39 is 10.8 Å². The van der Waals surface area contributed by atoms with Gasteiger partial charge >= 0.3 is 0 Å². The second kappa shape index (κ2) is 8.07. The molecule has 7 nitrogen and oxygen atoms in total. The highest BCUT2D eigenvalue weighted by Gasteiger charge is 2.26. The van der Waals surface area contributed by atoms with Gasteiger partial charge in [-0.2, -0.15) is 4.98 Å². The van der Waals surface area contributed by atoms with Gasteiger partial charge in [0.1, 0.15) is 5.82 Å². The molecule has 8 heteroatoms. The first kappa shape index (κ1) is 18.7. The SMILES string of the molecule is CCS(=O)C1CCCC(Nc2nc(N)c3cc(OC)c(OC)cc3n2)C1. The number of hydrogen-bond acceptors (Lipinski definition) is 7. The lowest BCUT2D eigenvalue weighted by Gasteiger charge is -2.29. The molecule has 142 valence electrons. The molecule has 1 heterocycles. The first-order valence-corrected chi connectivity index (χ1v) is 10.3. The van der Waals surface area contributed by atoms with Crippen LogP contribution in [0.5, 0.6) is 11.5 Å². The smallest absolute Gasteiger partial charge is 0.225 e. The molecule has 1 fully saturated rings. The number of hydrogen-bond donors (Lipinski definition) is 2. The summed E-state index contributed by atoms with van der Waals surface area (Å²) in [6, 6.07) is 3.79. The molecule has 0 aliphatic heterocycles. The Balaban J connectivity index is 1.85. The van der Waals surface area contributed by atoms with E-state index in [1.807, 2.05) is 6.92 Å². The number of nitrogens with zero attached hydrogens (tertiary/aromatic N) is 2. The standard InChI is InChI=1S/C18H26N4O3S/c1-4-26(23)12-7-5-6-11(8-12)20-18-21-14-10-16(25-3)15(24-2)9-13(14)17(19)22-18/h9-12H,4-8H2,1-3H3,(H3,19,20,21,22). The number of rotatable bonds is 6. The number of benzene rings is 1. The van der Waals surface area contributed by atoms with Crippen molar-refractivity contribution in [2.45, 2.75) is 43.9 Å². The maximum Gasteiger partial charge on any atom is 0.225 e. The second-order valence-corrected chi connectivity index (χ2v) is 8.46. The van der Waals surface area contributed by atoms with Gasteiger partial charge in [0.15, 0.2) is 11.5 Å². The predicted molar refractivity (Wildman–Crippen MR) is 105 cm³/mol. The Hall–Kier alpha value is -2.09. The summed E-state index contributed by atoms with van der Waals surface area (Å²) in [4.78, 5) is 8.99. The first-order chi connectivity index (χ1) is 12.5. The van der Waals surface area contributed by atoms with Crippen molar-refractivity contribution in [3.8, 4) is 11.5 Å². The Morgan fingerprint density at radius 2 is 1.96 bits per heavy atom. The van der Waals surface area contributed by atoms with Gasteiger partial charge < -0.3 is 20.5 Å². The predicted octanol–water partition coefficient (Wildman–Crippen LogP) is 2.72. The van der Waals surface area contributed by atoms with Gasteiger partial charge in [-0.1, -0.05) is 13.3 Å². The molecule has 1 aliphatic carbocycles. The average molecular weight is 378 g/mol. The van der Waals surface area contributed by atoms with E-state index in [4.69, 9.17) is 15.2 Å². The van der Waals surface area contributed by atoms with Crippen molar-refractivity contribution in [2.75, 3.05) is 31.0 Å². The van der Waals surface area contributed by atoms with E-state index in [0.29, 0.717) is 34.5 Å². The second-order valence-electron chi connectivity index (χ2n) is 6.46. The summed E-state index contributed by atoms with van der Waals surface area (Å²) in [5, 5.41) is 4.35. The van der Waals surface area contributed by atoms with Crippen LogP contribution in [0.3, 0.4) is 0 Å². The van der Waals surface area contributed by atoms with Gasteiger partial charge in [0, 0.05) is 39.3 Å². The Bertz CT molecular complexity index is 815. The molecule has 3 unspecified atom stereocenters. The molecular weight excluding hydrogens is 352 g/mol. The van der Waals surface area contributed by atoms with E-state index >= 15 is 0 Å². The summed E-state index contributed by atoms with van der Waals surface area (Å²) in [5.41, 5.74) is 6.83. The van der Waals surface area contributed by atoms with E-state index in [0.717, 1.165) is 31.1 Å². The number of fused-ring (bicyclic) bond motifs is 1. The minimum absolute atomic E-state index is 0.209. The Morgan fingerprint density at radius 1 is 1.23 bits per heavy atom. The summed E-state index contributed by atoms with van der Waals surface area (Å²) in [6.07, 6.45) is 3.97. The topological polar surface area (TPSA) is 99.4 Å². The highest BCUT2D eigenvalue weighted by molar-refractivity contribution is 7.85. The zero-order valence-corrected chi connectivity index (χ0v) is 16.3. The Labute approximate surface area is 156 Å². The van der Waals surface area contributed by atoms with Crippen LogP contribution in [0, 0.1) is 0 Å². The third-order valence-corrected chi connectivity index (χ3v) is 6.59. The zero-order chi connectivity index (χ0) is 18.7. The first-order valence-electron chi connectivity index (χ1n) is 8.88. The fraction of sp³-hybridized carbons (Fsp3) is 0.556. The van der Waals surface area contributed by atoms with E-state index in [1.54, 1.807) is 26.4 Å². The van der Waals surface area contributed by atoms with Gasteiger partial charge in [0.05, 0.1) is 19.7 Å². The fourth-order valence-corrected chi connectivity index (χ4v) is 4.82. The number of nitrogens with one attached hydrogen (secondary N) is 1. The van der Waals surface area contributed by atoms with E-state index in [1.165, 1.54) is 0 Å². The van der Waals surface area contributed by atoms with Crippen LogP contribution in [0.2, 0.25) is 0 Å². The summed E-state index contributed by atoms with van der Waals surface area (Å²) < 4.78 is 22.8. The molecule has 1 aliphatic rings. The van der Waals surface area contributed by atoms with Gasteiger partial charge in [0.25, 0.3) is 0 Å². The monoisotopic (exact) mass is 378 g/mol. The van der Waals surface area contributed by atoms with Crippen molar-refractivity contribution in [1.29, 1.82) is 0 Å². The molecule has 2 aromatic rings. The van der Waals surface area contributed by atoms with Crippen LogP contribution in [0.1, 0.15) is 32.6 Å². The molecule has 0 spiro atoms. The third kappa shape index (κ3) is 3.85. The molecular formula is C18H26N4O3S. The van der Waals surface area contributed by atoms with Crippen molar-refractivity contribution < 1.29 is 13.7 Å². The highest BCUT2D eigenvalue weighted by Crippen LogP contribution is 2.34. The van der Waals surface area contributed by atoms with Crippen molar-refractivity contribution in [3.63, 3.8) is 0 Å². The van der Waals surface area contributed by atoms with Crippen LogP contribution in [-0.4, -0.2) is 45.4 Å². The molecule has 26 heavy (non-hydrogen) atoms. The van der Waals surface area contributed by atoms with Crippen LogP contribution >= 0.6 is 0 Å². The minimum Gasteiger partial charge on any atom is -0.493 e. The van der Waals surface area contributed by atoms with Crippen LogP contribution in [0.15, 0.2) is 12.1 Å². The Kier molecular flexibility index (Phi) is 5.80. The lowest BCUT2D eigenvalue weighted by atomic mass is 9.95. The van der Waals surface area contributed by atoms with Crippen LogP contribution in [0.4, 0.5) is 11.8 Å². The van der Waals surface area contributed by atoms with Gasteiger partial charge in [-0.3, -0.25) is 4.21 Å². The number of ether oxygens (including phenoxy) is 2. The summed E-state index contributed by atoms with van der Waals surface area (Å²) >= 11 is 0. The van der Waals surface area contributed by atoms with Crippen molar-refractivity contribution in [1.82, 2.24) is 9.97 Å². The zero-order valence-electron chi connectivity index (χ0n) is 15.4. The van der Waals surface area contributed by atoms with Crippen molar-refractivity contribution >= 4 is 33.5 Å². The average Bonchev–Trinajstić information content (AvgIpc) is 2.66. The molecule has 1 saturated carbocycles. The fourth-order valence-electron chi connectivity index (χ4n) is 3.48. The van der Waals surface area contributed by atoms with Crippen LogP contribution in [0.25, 0.3) is 10.9 Å². The number of anilines is 2. The number of nitrogens with two attached hydrogens (primary N) is 1. The minimum atomic E-state index is -0.763. The lowest BCUT2D eigenvalue weighted by Crippen LogP contribution is -2.33. The van der Waals surface area contributed by atoms with Gasteiger partial charge in [-0.25, -0.2) is 4.98 Å². The summed E-state index contributed by atoms with van der Waals surface area (Å²) in [6.45, 7) is 1.97. The summed E-state index contributed by atoms with van der Waals surface area (Å²) in [7, 11) is 2.40. The van der Waals surface area contributed by atoms with Gasteiger partial charge in [0.2, 0.25) is 5.95 Å². The molecule has 0 radical (unpaired) electrons. The molecule has 3 rings (SSSR count). The van der Waals surface area contributed by atoms with E-state index in [2.05, 4.69) is 15.3 Å².